The van der Waals surface area contributed by atoms with Crippen molar-refractivity contribution in [1.29, 1.82) is 0 Å². The van der Waals surface area contributed by atoms with Gasteiger partial charge in [-0.1, -0.05) is 15.9 Å². The maximum Gasteiger partial charge on any atom is 0.416 e. The minimum Gasteiger partial charge on any atom is -0.277 e. The van der Waals surface area contributed by atoms with Crippen LogP contribution in [0.3, 0.4) is 0 Å². The van der Waals surface area contributed by atoms with Gasteiger partial charge in [0.1, 0.15) is 5.82 Å². The molecule has 0 unspecified atom stereocenters. The molecule has 2 aromatic carbocycles. The summed E-state index contributed by atoms with van der Waals surface area (Å²) in [5.74, 6) is -1.33. The fraction of sp³-hybridized carbons (Fsp3) is 0.143. The van der Waals surface area contributed by atoms with E-state index in [4.69, 9.17) is 0 Å². The zero-order chi connectivity index (χ0) is 19.9. The van der Waals surface area contributed by atoms with Gasteiger partial charge in [-0.05, 0) is 36.4 Å². The summed E-state index contributed by atoms with van der Waals surface area (Å²) in [5, 5.41) is 0. The summed E-state index contributed by atoms with van der Waals surface area (Å²) >= 11 is 2.72. The summed E-state index contributed by atoms with van der Waals surface area (Å²) in [7, 11) is -4.79. The summed E-state index contributed by atoms with van der Waals surface area (Å²) in [6.45, 7) is 0. The average molecular weight is 466 g/mol. The Bertz CT molecular complexity index is 939. The quantitative estimate of drug-likeness (QED) is 0.614. The van der Waals surface area contributed by atoms with E-state index >= 15 is 0 Å². The number of anilines is 1. The van der Waals surface area contributed by atoms with Gasteiger partial charge in [0, 0.05) is 4.47 Å². The van der Waals surface area contributed by atoms with Gasteiger partial charge in [-0.2, -0.15) is 26.3 Å². The lowest BCUT2D eigenvalue weighted by molar-refractivity contribution is -0.138. The predicted molar refractivity (Wildman–Crippen MR) is 81.4 cm³/mol. The minimum absolute atomic E-state index is 0.204. The topological polar surface area (TPSA) is 46.2 Å². The minimum atomic E-state index is -4.87. The molecule has 0 spiro atoms. The van der Waals surface area contributed by atoms with E-state index in [0.717, 1.165) is 6.07 Å². The third-order valence-corrected chi connectivity index (χ3v) is 4.85. The molecule has 0 heterocycles. The Kier molecular flexibility index (Phi) is 5.30. The lowest BCUT2D eigenvalue weighted by Crippen LogP contribution is -2.16. The number of rotatable bonds is 3. The van der Waals surface area contributed by atoms with E-state index in [9.17, 15) is 39.2 Å². The number of hydrogen-bond donors (Lipinski definition) is 1. The highest BCUT2D eigenvalue weighted by Crippen LogP contribution is 2.35. The van der Waals surface area contributed by atoms with E-state index in [-0.39, 0.29) is 16.6 Å². The van der Waals surface area contributed by atoms with E-state index in [1.165, 1.54) is 4.72 Å². The van der Waals surface area contributed by atoms with Crippen LogP contribution in [0.5, 0.6) is 0 Å². The lowest BCUT2D eigenvalue weighted by atomic mass is 10.2. The van der Waals surface area contributed by atoms with Gasteiger partial charge in [-0.25, -0.2) is 12.8 Å². The summed E-state index contributed by atoms with van der Waals surface area (Å²) in [4.78, 5) is -0.906. The van der Waals surface area contributed by atoms with Crippen LogP contribution in [0.15, 0.2) is 45.8 Å². The molecule has 3 nitrogen and oxygen atoms in total. The fourth-order valence-corrected chi connectivity index (χ4v) is 3.64. The molecule has 2 aromatic rings. The van der Waals surface area contributed by atoms with Gasteiger partial charge < -0.3 is 0 Å². The lowest BCUT2D eigenvalue weighted by Gasteiger charge is -2.14. The van der Waals surface area contributed by atoms with Crippen LogP contribution < -0.4 is 4.72 Å². The fourth-order valence-electron chi connectivity index (χ4n) is 1.87. The zero-order valence-electron chi connectivity index (χ0n) is 12.2. The van der Waals surface area contributed by atoms with Crippen LogP contribution in [0, 0.1) is 5.82 Å². The number of alkyl halides is 6. The van der Waals surface area contributed by atoms with Gasteiger partial charge in [-0.3, -0.25) is 4.72 Å². The first-order valence-electron chi connectivity index (χ1n) is 6.47. The zero-order valence-corrected chi connectivity index (χ0v) is 14.6. The Morgan fingerprint density at radius 3 is 1.96 bits per heavy atom. The van der Waals surface area contributed by atoms with Crippen molar-refractivity contribution >= 4 is 31.6 Å². The Hall–Kier alpha value is -1.82. The Morgan fingerprint density at radius 2 is 1.42 bits per heavy atom. The molecule has 0 fully saturated rings. The highest BCUT2D eigenvalue weighted by Gasteiger charge is 2.34. The first-order valence-corrected chi connectivity index (χ1v) is 8.75. The molecular formula is C14H7BrF7NO2S. The van der Waals surface area contributed by atoms with Crippen molar-refractivity contribution in [1.82, 2.24) is 0 Å². The molecule has 0 atom stereocenters. The molecule has 0 amide bonds. The summed E-state index contributed by atoms with van der Waals surface area (Å²) in [6.07, 6.45) is -9.73. The van der Waals surface area contributed by atoms with Crippen LogP contribution in [-0.2, 0) is 22.4 Å². The van der Waals surface area contributed by atoms with Crippen molar-refractivity contribution in [2.75, 3.05) is 4.72 Å². The van der Waals surface area contributed by atoms with Gasteiger partial charge in [0.05, 0.1) is 21.7 Å². The second kappa shape index (κ2) is 6.72. The highest BCUT2D eigenvalue weighted by molar-refractivity contribution is 9.10. The molecule has 0 saturated heterocycles. The molecule has 0 saturated carbocycles. The van der Waals surface area contributed by atoms with Crippen LogP contribution >= 0.6 is 15.9 Å². The molecule has 0 aromatic heterocycles. The van der Waals surface area contributed by atoms with Crippen molar-refractivity contribution in [3.8, 4) is 0 Å². The molecule has 0 aliphatic heterocycles. The summed E-state index contributed by atoms with van der Waals surface area (Å²) in [5.41, 5.74) is -3.69. The van der Waals surface area contributed by atoms with E-state index in [1.807, 2.05) is 0 Å². The number of hydrogen-bond acceptors (Lipinski definition) is 2. The first-order chi connectivity index (χ1) is 11.7. The standard InChI is InChI=1S/C14H7BrF7NO2S/c15-9-3-8(14(20,21)22)4-10(6-9)26(24,25)23-12-5-7(13(17,18)19)1-2-11(12)16/h1-6,23H. The third-order valence-electron chi connectivity index (χ3n) is 3.05. The molecule has 142 valence electrons. The van der Waals surface area contributed by atoms with Crippen molar-refractivity contribution in [3.63, 3.8) is 0 Å². The monoisotopic (exact) mass is 465 g/mol. The van der Waals surface area contributed by atoms with Crippen molar-refractivity contribution in [3.05, 3.63) is 57.8 Å². The SMILES string of the molecule is O=S(=O)(Nc1cc(C(F)(F)F)ccc1F)c1cc(Br)cc(C(F)(F)F)c1. The smallest absolute Gasteiger partial charge is 0.277 e. The first kappa shape index (κ1) is 20.5. The summed E-state index contributed by atoms with van der Waals surface area (Å²) in [6, 6.07) is 2.68. The second-order valence-corrected chi connectivity index (χ2v) is 7.57. The molecule has 1 N–H and O–H groups in total. The van der Waals surface area contributed by atoms with E-state index in [1.54, 1.807) is 0 Å². The van der Waals surface area contributed by atoms with Crippen LogP contribution in [0.25, 0.3) is 0 Å². The van der Waals surface area contributed by atoms with E-state index in [0.29, 0.717) is 18.2 Å². The second-order valence-electron chi connectivity index (χ2n) is 4.97. The van der Waals surface area contributed by atoms with Crippen LogP contribution in [-0.4, -0.2) is 8.42 Å². The normalized spacial score (nSPS) is 12.9. The number of halogens is 8. The molecule has 0 bridgehead atoms. The molecule has 0 radical (unpaired) electrons. The number of benzene rings is 2. The highest BCUT2D eigenvalue weighted by atomic mass is 79.9. The van der Waals surface area contributed by atoms with Gasteiger partial charge in [0.2, 0.25) is 0 Å². The molecule has 26 heavy (non-hydrogen) atoms. The third kappa shape index (κ3) is 4.67. The van der Waals surface area contributed by atoms with Gasteiger partial charge in [-0.15, -0.1) is 0 Å². The van der Waals surface area contributed by atoms with Crippen molar-refractivity contribution < 1.29 is 39.2 Å². The van der Waals surface area contributed by atoms with E-state index in [2.05, 4.69) is 15.9 Å². The average Bonchev–Trinajstić information content (AvgIpc) is 2.46. The maximum atomic E-state index is 13.7. The van der Waals surface area contributed by atoms with Crippen LogP contribution in [0.1, 0.15) is 11.1 Å². The van der Waals surface area contributed by atoms with Gasteiger partial charge in [0.25, 0.3) is 10.0 Å². The van der Waals surface area contributed by atoms with E-state index < -0.39 is 49.9 Å². The Labute approximate surface area is 151 Å². The largest absolute Gasteiger partial charge is 0.416 e. The summed E-state index contributed by atoms with van der Waals surface area (Å²) < 4.78 is 116. The van der Waals surface area contributed by atoms with Crippen LogP contribution in [0.2, 0.25) is 0 Å². The van der Waals surface area contributed by atoms with Gasteiger partial charge in [0.15, 0.2) is 0 Å². The molecule has 0 aliphatic rings. The van der Waals surface area contributed by atoms with Gasteiger partial charge >= 0.3 is 12.4 Å². The van der Waals surface area contributed by atoms with Crippen LogP contribution in [0.4, 0.5) is 36.4 Å². The maximum absolute atomic E-state index is 13.7. The molecule has 0 aliphatic carbocycles. The predicted octanol–water partition coefficient (Wildman–Crippen LogP) is 5.43. The Balaban J connectivity index is 2.49. The number of sulfonamides is 1. The molecule has 2 rings (SSSR count). The Morgan fingerprint density at radius 1 is 0.846 bits per heavy atom. The van der Waals surface area contributed by atoms with Crippen molar-refractivity contribution in [2.24, 2.45) is 0 Å². The molecular weight excluding hydrogens is 459 g/mol. The molecule has 12 heteroatoms. The van der Waals surface area contributed by atoms with Crippen molar-refractivity contribution in [2.45, 2.75) is 17.2 Å². The number of nitrogens with one attached hydrogen (secondary N) is 1.